The minimum Gasteiger partial charge on any atom is -0.328 e. The Kier molecular flexibility index (Phi) is 4.96. The number of pyridine rings is 1. The van der Waals surface area contributed by atoms with Gasteiger partial charge < -0.3 is 9.88 Å². The molecule has 1 saturated heterocycles. The Balaban J connectivity index is 1.81. The molecular weight excluding hydrogens is 382 g/mol. The Labute approximate surface area is 163 Å². The van der Waals surface area contributed by atoms with Crippen LogP contribution in [0.15, 0.2) is 52.2 Å². The first-order valence-corrected chi connectivity index (χ1v) is 9.23. The first kappa shape index (κ1) is 19.0. The summed E-state index contributed by atoms with van der Waals surface area (Å²) in [6.07, 6.45) is -0.264. The van der Waals surface area contributed by atoms with Crippen LogP contribution in [0, 0.1) is 0 Å². The molecule has 3 aromatic rings. The maximum absolute atomic E-state index is 13.2. The van der Waals surface area contributed by atoms with Crippen LogP contribution in [0.1, 0.15) is 35.1 Å². The summed E-state index contributed by atoms with van der Waals surface area (Å²) in [5.41, 5.74) is -0.197. The highest BCUT2D eigenvalue weighted by Crippen LogP contribution is 2.32. The number of aromatic nitrogens is 3. The van der Waals surface area contributed by atoms with Crippen molar-refractivity contribution in [1.29, 1.82) is 0 Å². The first-order valence-electron chi connectivity index (χ1n) is 9.23. The van der Waals surface area contributed by atoms with Gasteiger partial charge in [0.05, 0.1) is 29.1 Å². The predicted octanol–water partition coefficient (Wildman–Crippen LogP) is 2.33. The lowest BCUT2D eigenvalue weighted by molar-refractivity contribution is 0.0720. The van der Waals surface area contributed by atoms with E-state index in [0.717, 1.165) is 4.57 Å². The number of nitrogens with zero attached hydrogens (tertiary/aromatic N) is 3. The third-order valence-electron chi connectivity index (χ3n) is 5.05. The summed E-state index contributed by atoms with van der Waals surface area (Å²) in [6, 6.07) is 8.62. The largest absolute Gasteiger partial charge is 0.328 e. The van der Waals surface area contributed by atoms with Crippen LogP contribution in [0.3, 0.4) is 0 Å². The van der Waals surface area contributed by atoms with Crippen molar-refractivity contribution < 1.29 is 13.6 Å². The van der Waals surface area contributed by atoms with Gasteiger partial charge in [0.25, 0.3) is 17.9 Å². The van der Waals surface area contributed by atoms with Gasteiger partial charge in [-0.25, -0.2) is 13.8 Å². The molecule has 1 aromatic carbocycles. The van der Waals surface area contributed by atoms with Gasteiger partial charge in [-0.1, -0.05) is 12.1 Å². The number of carbonyl (C=O) groups excluding carboxylic acids is 1. The normalized spacial score (nSPS) is 16.7. The average molecular weight is 400 g/mol. The molecule has 1 N–H and O–H groups in total. The van der Waals surface area contributed by atoms with Gasteiger partial charge >= 0.3 is 0 Å². The second kappa shape index (κ2) is 7.57. The summed E-state index contributed by atoms with van der Waals surface area (Å²) in [6.45, 7) is -0.386. The van der Waals surface area contributed by atoms with Gasteiger partial charge in [-0.05, 0) is 31.0 Å². The number of halogens is 2. The van der Waals surface area contributed by atoms with Crippen molar-refractivity contribution in [2.45, 2.75) is 31.9 Å². The van der Waals surface area contributed by atoms with Crippen LogP contribution in [0.2, 0.25) is 0 Å². The molecule has 4 rings (SSSR count). The van der Waals surface area contributed by atoms with E-state index in [0.29, 0.717) is 24.9 Å². The number of alkyl halides is 2. The predicted molar refractivity (Wildman–Crippen MR) is 102 cm³/mol. The zero-order chi connectivity index (χ0) is 20.5. The van der Waals surface area contributed by atoms with E-state index in [9.17, 15) is 23.2 Å². The molecule has 0 radical (unpaired) electrons. The van der Waals surface area contributed by atoms with Crippen LogP contribution in [0.4, 0.5) is 8.78 Å². The Morgan fingerprint density at radius 1 is 1.21 bits per heavy atom. The van der Waals surface area contributed by atoms with E-state index < -0.39 is 24.6 Å². The number of carbonyl (C=O) groups is 1. The number of para-hydroxylation sites is 1. The van der Waals surface area contributed by atoms with E-state index in [1.807, 2.05) is 0 Å². The van der Waals surface area contributed by atoms with Crippen molar-refractivity contribution in [1.82, 2.24) is 19.4 Å². The number of aromatic amines is 1. The Bertz CT molecular complexity index is 1170. The number of benzene rings is 1. The van der Waals surface area contributed by atoms with Gasteiger partial charge in [-0.15, -0.1) is 0 Å². The zero-order valence-corrected chi connectivity index (χ0v) is 15.3. The number of likely N-dealkylation sites (tertiary alicyclic amines) is 1. The number of nitrogens with one attached hydrogen (secondary N) is 1. The maximum Gasteiger partial charge on any atom is 0.261 e. The third kappa shape index (κ3) is 3.55. The Morgan fingerprint density at radius 3 is 2.72 bits per heavy atom. The van der Waals surface area contributed by atoms with Gasteiger partial charge in [0.1, 0.15) is 5.82 Å². The quantitative estimate of drug-likeness (QED) is 0.728. The van der Waals surface area contributed by atoms with Gasteiger partial charge in [0, 0.05) is 18.8 Å². The fraction of sp³-hybridized carbons (Fsp3) is 0.300. The van der Waals surface area contributed by atoms with Crippen molar-refractivity contribution >= 4 is 16.8 Å². The number of H-pyrrole nitrogens is 1. The standard InChI is InChI=1S/C20H18F2N4O3/c21-16(22)11-26-18(24-14-5-2-1-4-13(14)20(26)29)15-6-3-9-25(15)19(28)12-7-8-17(27)23-10-12/h1-2,4-5,7-8,10,15-16H,3,6,9,11H2,(H,23,27). The second-order valence-electron chi connectivity index (χ2n) is 6.89. The molecule has 1 unspecified atom stereocenters. The highest BCUT2D eigenvalue weighted by Gasteiger charge is 2.34. The Morgan fingerprint density at radius 2 is 2.00 bits per heavy atom. The van der Waals surface area contributed by atoms with Gasteiger partial charge in [0.2, 0.25) is 5.56 Å². The van der Waals surface area contributed by atoms with Crippen molar-refractivity contribution in [2.24, 2.45) is 0 Å². The van der Waals surface area contributed by atoms with Gasteiger partial charge in [-0.2, -0.15) is 0 Å². The number of rotatable bonds is 4. The molecule has 3 heterocycles. The van der Waals surface area contributed by atoms with E-state index in [1.165, 1.54) is 23.2 Å². The molecule has 1 aliphatic heterocycles. The number of amides is 1. The van der Waals surface area contributed by atoms with E-state index in [-0.39, 0.29) is 28.2 Å². The summed E-state index contributed by atoms with van der Waals surface area (Å²) in [5.74, 6) is -0.195. The lowest BCUT2D eigenvalue weighted by Crippen LogP contribution is -2.36. The molecule has 0 aliphatic carbocycles. The van der Waals surface area contributed by atoms with Crippen LogP contribution in [-0.2, 0) is 6.54 Å². The minimum atomic E-state index is -2.74. The van der Waals surface area contributed by atoms with Crippen LogP contribution < -0.4 is 11.1 Å². The lowest BCUT2D eigenvalue weighted by atomic mass is 10.1. The molecule has 0 saturated carbocycles. The summed E-state index contributed by atoms with van der Waals surface area (Å²) in [7, 11) is 0. The third-order valence-corrected chi connectivity index (χ3v) is 5.05. The molecule has 7 nitrogen and oxygen atoms in total. The zero-order valence-electron chi connectivity index (χ0n) is 15.3. The molecule has 1 fully saturated rings. The molecular formula is C20H18F2N4O3. The molecule has 2 aromatic heterocycles. The number of hydrogen-bond donors (Lipinski definition) is 1. The van der Waals surface area contributed by atoms with Crippen molar-refractivity contribution in [3.63, 3.8) is 0 Å². The minimum absolute atomic E-state index is 0.157. The van der Waals surface area contributed by atoms with E-state index in [2.05, 4.69) is 9.97 Å². The van der Waals surface area contributed by atoms with Gasteiger partial charge in [0.15, 0.2) is 0 Å². The number of hydrogen-bond acceptors (Lipinski definition) is 4. The SMILES string of the molecule is O=C(c1ccc(=O)[nH]c1)N1CCCC1c1nc2ccccc2c(=O)n1CC(F)F. The van der Waals surface area contributed by atoms with Crippen LogP contribution in [-0.4, -0.2) is 38.3 Å². The molecule has 150 valence electrons. The Hall–Kier alpha value is -3.36. The molecule has 0 spiro atoms. The fourth-order valence-corrected chi connectivity index (χ4v) is 3.74. The highest BCUT2D eigenvalue weighted by atomic mass is 19.3. The van der Waals surface area contributed by atoms with E-state index >= 15 is 0 Å². The molecule has 0 bridgehead atoms. The topological polar surface area (TPSA) is 88.1 Å². The summed E-state index contributed by atoms with van der Waals surface area (Å²) >= 11 is 0. The lowest BCUT2D eigenvalue weighted by Gasteiger charge is -2.26. The molecule has 1 atom stereocenters. The molecule has 29 heavy (non-hydrogen) atoms. The smallest absolute Gasteiger partial charge is 0.261 e. The molecule has 1 amide bonds. The van der Waals surface area contributed by atoms with Crippen LogP contribution >= 0.6 is 0 Å². The second-order valence-corrected chi connectivity index (χ2v) is 6.89. The van der Waals surface area contributed by atoms with Crippen LogP contribution in [0.5, 0.6) is 0 Å². The fourth-order valence-electron chi connectivity index (χ4n) is 3.74. The summed E-state index contributed by atoms with van der Waals surface area (Å²) in [5, 5.41) is 0.258. The maximum atomic E-state index is 13.2. The summed E-state index contributed by atoms with van der Waals surface area (Å²) < 4.78 is 27.4. The molecule has 9 heteroatoms. The van der Waals surface area contributed by atoms with Gasteiger partial charge in [-0.3, -0.25) is 19.0 Å². The van der Waals surface area contributed by atoms with E-state index in [1.54, 1.807) is 24.3 Å². The molecule has 1 aliphatic rings. The average Bonchev–Trinajstić information content (AvgIpc) is 3.19. The first-order chi connectivity index (χ1) is 14.0. The van der Waals surface area contributed by atoms with Crippen molar-refractivity contribution in [3.8, 4) is 0 Å². The summed E-state index contributed by atoms with van der Waals surface area (Å²) in [4.78, 5) is 45.6. The van der Waals surface area contributed by atoms with Crippen LogP contribution in [0.25, 0.3) is 10.9 Å². The van der Waals surface area contributed by atoms with Crippen molar-refractivity contribution in [2.75, 3.05) is 6.54 Å². The highest BCUT2D eigenvalue weighted by molar-refractivity contribution is 5.94. The number of fused-ring (bicyclic) bond motifs is 1. The van der Waals surface area contributed by atoms with E-state index in [4.69, 9.17) is 0 Å². The monoisotopic (exact) mass is 400 g/mol. The van der Waals surface area contributed by atoms with Crippen molar-refractivity contribution in [3.05, 3.63) is 74.7 Å².